The van der Waals surface area contributed by atoms with Crippen LogP contribution < -0.4 is 11.1 Å². The second kappa shape index (κ2) is 8.81. The lowest BCUT2D eigenvalue weighted by Gasteiger charge is -2.34. The van der Waals surface area contributed by atoms with E-state index in [0.29, 0.717) is 24.7 Å². The first kappa shape index (κ1) is 21.3. The van der Waals surface area contributed by atoms with Crippen LogP contribution in [0.5, 0.6) is 0 Å². The summed E-state index contributed by atoms with van der Waals surface area (Å²) in [7, 11) is -2.40. The highest BCUT2D eigenvalue weighted by molar-refractivity contribution is 7.89. The second-order valence-corrected chi connectivity index (χ2v) is 9.09. The molecule has 0 bridgehead atoms. The van der Waals surface area contributed by atoms with Gasteiger partial charge in [-0.25, -0.2) is 8.42 Å². The first-order valence-electron chi connectivity index (χ1n) is 8.98. The number of rotatable bonds is 6. The smallest absolute Gasteiger partial charge is 0.243 e. The molecule has 1 aliphatic heterocycles. The maximum absolute atomic E-state index is 12.7. The molecule has 9 heteroatoms. The van der Waals surface area contributed by atoms with Crippen molar-refractivity contribution in [1.82, 2.24) is 9.21 Å². The van der Waals surface area contributed by atoms with Crippen LogP contribution in [0.15, 0.2) is 29.2 Å². The van der Waals surface area contributed by atoms with Crippen molar-refractivity contribution in [2.45, 2.75) is 37.6 Å². The van der Waals surface area contributed by atoms with Crippen molar-refractivity contribution in [1.29, 1.82) is 0 Å². The highest BCUT2D eigenvalue weighted by atomic mass is 32.2. The number of benzene rings is 1. The predicted octanol–water partition coefficient (Wildman–Crippen LogP) is 0.851. The molecule has 8 nitrogen and oxygen atoms in total. The van der Waals surface area contributed by atoms with E-state index in [-0.39, 0.29) is 29.3 Å². The number of amides is 2. The Morgan fingerprint density at radius 1 is 1.26 bits per heavy atom. The molecule has 0 spiro atoms. The van der Waals surface area contributed by atoms with Crippen molar-refractivity contribution in [2.24, 2.45) is 11.7 Å². The maximum atomic E-state index is 12.7. The molecule has 1 aromatic rings. The molecule has 2 amide bonds. The fourth-order valence-corrected chi connectivity index (χ4v) is 4.26. The van der Waals surface area contributed by atoms with Crippen LogP contribution in [0.4, 0.5) is 5.69 Å². The highest BCUT2D eigenvalue weighted by Crippen LogP contribution is 2.21. The number of hydrogen-bond acceptors (Lipinski definition) is 5. The second-order valence-electron chi connectivity index (χ2n) is 7.04. The maximum Gasteiger partial charge on any atom is 0.243 e. The molecule has 150 valence electrons. The molecule has 1 saturated heterocycles. The van der Waals surface area contributed by atoms with Gasteiger partial charge in [-0.3, -0.25) is 9.59 Å². The summed E-state index contributed by atoms with van der Waals surface area (Å²) in [6, 6.07) is 5.96. The standard InChI is InChI=1S/C18H28N4O4S/c1-13(19)15-8-10-22(11-9-15)18(24)12-21(3)27(25,26)17-6-4-16(5-7-17)20-14(2)23/h4-7,13,15H,8-12,19H2,1-3H3,(H,20,23). The number of anilines is 1. The molecule has 0 aliphatic carbocycles. The van der Waals surface area contributed by atoms with E-state index in [0.717, 1.165) is 17.1 Å². The van der Waals surface area contributed by atoms with Gasteiger partial charge in [-0.1, -0.05) is 0 Å². The van der Waals surface area contributed by atoms with Crippen LogP contribution in [-0.2, 0) is 19.6 Å². The van der Waals surface area contributed by atoms with E-state index in [1.54, 1.807) is 4.90 Å². The molecule has 1 unspecified atom stereocenters. The van der Waals surface area contributed by atoms with Crippen molar-refractivity contribution >= 4 is 27.5 Å². The summed E-state index contributed by atoms with van der Waals surface area (Å²) < 4.78 is 26.4. The Kier molecular flexibility index (Phi) is 6.96. The molecule has 0 saturated carbocycles. The molecule has 1 fully saturated rings. The fraction of sp³-hybridized carbons (Fsp3) is 0.556. The van der Waals surface area contributed by atoms with E-state index in [2.05, 4.69) is 5.32 Å². The Morgan fingerprint density at radius 3 is 2.30 bits per heavy atom. The Labute approximate surface area is 160 Å². The topological polar surface area (TPSA) is 113 Å². The molecule has 0 aromatic heterocycles. The molecular weight excluding hydrogens is 368 g/mol. The number of nitrogens with two attached hydrogens (primary N) is 1. The minimum absolute atomic E-state index is 0.0718. The van der Waals surface area contributed by atoms with Gasteiger partial charge < -0.3 is 16.0 Å². The quantitative estimate of drug-likeness (QED) is 0.740. The minimum atomic E-state index is -3.79. The summed E-state index contributed by atoms with van der Waals surface area (Å²) >= 11 is 0. The molecule has 1 aliphatic rings. The van der Waals surface area contributed by atoms with Crippen LogP contribution in [0.1, 0.15) is 26.7 Å². The van der Waals surface area contributed by atoms with Crippen LogP contribution >= 0.6 is 0 Å². The van der Waals surface area contributed by atoms with Crippen molar-refractivity contribution in [2.75, 3.05) is 32.0 Å². The van der Waals surface area contributed by atoms with Crippen LogP contribution in [0, 0.1) is 5.92 Å². The Balaban J connectivity index is 1.98. The number of hydrogen-bond donors (Lipinski definition) is 2. The lowest BCUT2D eigenvalue weighted by molar-refractivity contribution is -0.132. The third-order valence-corrected chi connectivity index (χ3v) is 6.69. The van der Waals surface area contributed by atoms with E-state index >= 15 is 0 Å². The van der Waals surface area contributed by atoms with E-state index in [1.165, 1.54) is 38.2 Å². The van der Waals surface area contributed by atoms with E-state index < -0.39 is 10.0 Å². The van der Waals surface area contributed by atoms with Crippen LogP contribution in [0.3, 0.4) is 0 Å². The first-order valence-corrected chi connectivity index (χ1v) is 10.4. The zero-order valence-electron chi connectivity index (χ0n) is 16.0. The zero-order valence-corrected chi connectivity index (χ0v) is 16.8. The lowest BCUT2D eigenvalue weighted by atomic mass is 9.91. The first-order chi connectivity index (χ1) is 12.6. The van der Waals surface area contributed by atoms with Gasteiger partial charge in [-0.2, -0.15) is 4.31 Å². The SMILES string of the molecule is CC(=O)Nc1ccc(S(=O)(=O)N(C)CC(=O)N2CCC(C(C)N)CC2)cc1. The van der Waals surface area contributed by atoms with Crippen molar-refractivity contribution < 1.29 is 18.0 Å². The van der Waals surface area contributed by atoms with Crippen molar-refractivity contribution in [3.63, 3.8) is 0 Å². The van der Waals surface area contributed by atoms with Crippen LogP contribution in [-0.4, -0.2) is 62.2 Å². The number of sulfonamides is 1. The largest absolute Gasteiger partial charge is 0.342 e. The molecular formula is C18H28N4O4S. The van der Waals surface area contributed by atoms with Crippen molar-refractivity contribution in [3.05, 3.63) is 24.3 Å². The Bertz CT molecular complexity index is 769. The van der Waals surface area contributed by atoms with Gasteiger partial charge in [-0.15, -0.1) is 0 Å². The summed E-state index contributed by atoms with van der Waals surface area (Å²) in [6.07, 6.45) is 1.68. The summed E-state index contributed by atoms with van der Waals surface area (Å²) in [6.45, 7) is 4.34. The summed E-state index contributed by atoms with van der Waals surface area (Å²) in [5.41, 5.74) is 6.43. The third kappa shape index (κ3) is 5.50. The lowest BCUT2D eigenvalue weighted by Crippen LogP contribution is -2.46. The molecule has 1 atom stereocenters. The fourth-order valence-electron chi connectivity index (χ4n) is 3.14. The number of nitrogens with zero attached hydrogens (tertiary/aromatic N) is 2. The number of carbonyl (C=O) groups excluding carboxylic acids is 2. The number of likely N-dealkylation sites (tertiary alicyclic amines) is 1. The number of carbonyl (C=O) groups is 2. The molecule has 1 aromatic carbocycles. The van der Waals surface area contributed by atoms with Crippen LogP contribution in [0.2, 0.25) is 0 Å². The molecule has 0 radical (unpaired) electrons. The van der Waals surface area contributed by atoms with Gasteiger partial charge in [0.25, 0.3) is 0 Å². The summed E-state index contributed by atoms with van der Waals surface area (Å²) in [5, 5.41) is 2.58. The molecule has 3 N–H and O–H groups in total. The average molecular weight is 397 g/mol. The Hall–Kier alpha value is -1.97. The van der Waals surface area contributed by atoms with Gasteiger partial charge >= 0.3 is 0 Å². The van der Waals surface area contributed by atoms with Gasteiger partial charge in [0.15, 0.2) is 0 Å². The molecule has 2 rings (SSSR count). The molecule has 1 heterocycles. The van der Waals surface area contributed by atoms with Gasteiger partial charge in [0, 0.05) is 38.8 Å². The van der Waals surface area contributed by atoms with E-state index in [4.69, 9.17) is 5.73 Å². The molecule has 27 heavy (non-hydrogen) atoms. The third-order valence-electron chi connectivity index (χ3n) is 4.88. The average Bonchev–Trinajstić information content (AvgIpc) is 2.61. The number of piperidine rings is 1. The normalized spacial score (nSPS) is 17.0. The minimum Gasteiger partial charge on any atom is -0.342 e. The number of nitrogens with one attached hydrogen (secondary N) is 1. The van der Waals surface area contributed by atoms with Crippen molar-refractivity contribution in [3.8, 4) is 0 Å². The summed E-state index contributed by atoms with van der Waals surface area (Å²) in [4.78, 5) is 25.3. The van der Waals surface area contributed by atoms with E-state index in [9.17, 15) is 18.0 Å². The number of likely N-dealkylation sites (N-methyl/N-ethyl adjacent to an activating group) is 1. The van der Waals surface area contributed by atoms with Gasteiger partial charge in [-0.05, 0) is 49.9 Å². The summed E-state index contributed by atoms with van der Waals surface area (Å²) in [5.74, 6) is -0.0437. The van der Waals surface area contributed by atoms with E-state index in [1.807, 2.05) is 6.92 Å². The van der Waals surface area contributed by atoms with Gasteiger partial charge in [0.1, 0.15) is 0 Å². The zero-order chi connectivity index (χ0) is 20.2. The Morgan fingerprint density at radius 2 is 1.81 bits per heavy atom. The van der Waals surface area contributed by atoms with Gasteiger partial charge in [0.05, 0.1) is 11.4 Å². The van der Waals surface area contributed by atoms with Crippen LogP contribution in [0.25, 0.3) is 0 Å². The van der Waals surface area contributed by atoms with Gasteiger partial charge in [0.2, 0.25) is 21.8 Å². The monoisotopic (exact) mass is 396 g/mol. The predicted molar refractivity (Wildman–Crippen MR) is 104 cm³/mol. The highest BCUT2D eigenvalue weighted by Gasteiger charge is 2.28.